The van der Waals surface area contributed by atoms with Crippen LogP contribution in [0.2, 0.25) is 0 Å². The quantitative estimate of drug-likeness (QED) is 0.509. The zero-order valence-electron chi connectivity index (χ0n) is 18.8. The van der Waals surface area contributed by atoms with E-state index in [0.717, 1.165) is 29.9 Å². The molecule has 0 bridgehead atoms. The van der Waals surface area contributed by atoms with Gasteiger partial charge in [-0.25, -0.2) is 0 Å². The Morgan fingerprint density at radius 1 is 1.03 bits per heavy atom. The van der Waals surface area contributed by atoms with Gasteiger partial charge in [-0.3, -0.25) is 9.59 Å². The van der Waals surface area contributed by atoms with E-state index >= 15 is 0 Å². The Hall–Kier alpha value is -3.06. The minimum atomic E-state index is -0.302. The van der Waals surface area contributed by atoms with E-state index < -0.39 is 0 Å². The van der Waals surface area contributed by atoms with Crippen molar-refractivity contribution >= 4 is 11.8 Å². The van der Waals surface area contributed by atoms with Gasteiger partial charge < -0.3 is 25.0 Å². The highest BCUT2D eigenvalue weighted by atomic mass is 16.5. The van der Waals surface area contributed by atoms with Gasteiger partial charge in [-0.2, -0.15) is 0 Å². The van der Waals surface area contributed by atoms with Gasteiger partial charge in [0.25, 0.3) is 5.91 Å². The Morgan fingerprint density at radius 3 is 2.39 bits per heavy atom. The molecule has 0 aliphatic heterocycles. The first-order valence-corrected chi connectivity index (χ1v) is 10.5. The van der Waals surface area contributed by atoms with E-state index in [1.807, 2.05) is 43.3 Å². The molecular weight excluding hydrogens is 394 g/mol. The molecule has 0 heterocycles. The van der Waals surface area contributed by atoms with E-state index in [4.69, 9.17) is 9.47 Å². The van der Waals surface area contributed by atoms with Crippen LogP contribution in [0.1, 0.15) is 41.7 Å². The van der Waals surface area contributed by atoms with Gasteiger partial charge in [-0.15, -0.1) is 0 Å². The average molecular weight is 428 g/mol. The minimum absolute atomic E-state index is 0.0592. The number of hydrogen-bond acceptors (Lipinski definition) is 5. The fourth-order valence-corrected chi connectivity index (χ4v) is 3.08. The van der Waals surface area contributed by atoms with Gasteiger partial charge in [-0.05, 0) is 50.8 Å². The smallest absolute Gasteiger partial charge is 0.251 e. The van der Waals surface area contributed by atoms with E-state index in [2.05, 4.69) is 17.6 Å². The summed E-state index contributed by atoms with van der Waals surface area (Å²) in [7, 11) is 5.52. The number of ether oxygens (including phenoxy) is 2. The summed E-state index contributed by atoms with van der Waals surface area (Å²) in [6.45, 7) is 3.06. The second kappa shape index (κ2) is 12.6. The van der Waals surface area contributed by atoms with Crippen LogP contribution in [-0.2, 0) is 4.79 Å². The Balaban J connectivity index is 1.84. The number of benzene rings is 2. The maximum Gasteiger partial charge on any atom is 0.251 e. The number of unbranched alkanes of at least 4 members (excludes halogenated alkanes) is 1. The lowest BCUT2D eigenvalue weighted by molar-refractivity contribution is -0.120. The molecule has 31 heavy (non-hydrogen) atoms. The molecule has 0 aromatic heterocycles. The van der Waals surface area contributed by atoms with Gasteiger partial charge in [0.2, 0.25) is 5.91 Å². The zero-order valence-corrected chi connectivity index (χ0v) is 18.8. The molecule has 1 atom stereocenters. The fourth-order valence-electron chi connectivity index (χ4n) is 3.08. The SMILES string of the molecule is CCCCOc1ccc(C(=O)NCC(=O)NCC(c2ccccc2OC)N(C)C)cc1. The summed E-state index contributed by atoms with van der Waals surface area (Å²) in [5.74, 6) is 0.943. The molecule has 7 nitrogen and oxygen atoms in total. The van der Waals surface area contributed by atoms with Crippen molar-refractivity contribution in [2.24, 2.45) is 0 Å². The van der Waals surface area contributed by atoms with E-state index in [1.54, 1.807) is 31.4 Å². The molecule has 2 N–H and O–H groups in total. The van der Waals surface area contributed by atoms with Crippen LogP contribution >= 0.6 is 0 Å². The Bertz CT molecular complexity index is 837. The topological polar surface area (TPSA) is 79.9 Å². The highest BCUT2D eigenvalue weighted by Gasteiger charge is 2.19. The summed E-state index contributed by atoms with van der Waals surface area (Å²) >= 11 is 0. The second-order valence-electron chi connectivity index (χ2n) is 7.43. The first kappa shape index (κ1) is 24.2. The molecule has 2 rings (SSSR count). The summed E-state index contributed by atoms with van der Waals surface area (Å²) in [5.41, 5.74) is 1.47. The monoisotopic (exact) mass is 427 g/mol. The number of hydrogen-bond donors (Lipinski definition) is 2. The zero-order chi connectivity index (χ0) is 22.6. The highest BCUT2D eigenvalue weighted by Crippen LogP contribution is 2.27. The summed E-state index contributed by atoms with van der Waals surface area (Å²) in [6, 6.07) is 14.6. The Kier molecular flexibility index (Phi) is 9.84. The Morgan fingerprint density at radius 2 is 1.74 bits per heavy atom. The largest absolute Gasteiger partial charge is 0.496 e. The molecule has 0 saturated carbocycles. The first-order chi connectivity index (χ1) is 15.0. The second-order valence-corrected chi connectivity index (χ2v) is 7.43. The molecule has 0 aliphatic carbocycles. The van der Waals surface area contributed by atoms with Crippen molar-refractivity contribution in [3.05, 3.63) is 59.7 Å². The summed E-state index contributed by atoms with van der Waals surface area (Å²) in [6.07, 6.45) is 2.06. The molecule has 0 radical (unpaired) electrons. The van der Waals surface area contributed by atoms with Crippen LogP contribution in [0.3, 0.4) is 0 Å². The van der Waals surface area contributed by atoms with Crippen molar-refractivity contribution in [3.8, 4) is 11.5 Å². The van der Waals surface area contributed by atoms with Crippen molar-refractivity contribution in [3.63, 3.8) is 0 Å². The maximum atomic E-state index is 12.3. The van der Waals surface area contributed by atoms with Crippen LogP contribution in [0.15, 0.2) is 48.5 Å². The van der Waals surface area contributed by atoms with Crippen molar-refractivity contribution in [2.45, 2.75) is 25.8 Å². The van der Waals surface area contributed by atoms with Crippen molar-refractivity contribution in [1.82, 2.24) is 15.5 Å². The number of carbonyl (C=O) groups excluding carboxylic acids is 2. The van der Waals surface area contributed by atoms with Gasteiger partial charge in [-0.1, -0.05) is 31.5 Å². The third-order valence-electron chi connectivity index (χ3n) is 4.91. The van der Waals surface area contributed by atoms with Crippen LogP contribution in [0, 0.1) is 0 Å². The van der Waals surface area contributed by atoms with E-state index in [-0.39, 0.29) is 24.4 Å². The summed E-state index contributed by atoms with van der Waals surface area (Å²) in [5, 5.41) is 5.54. The molecule has 0 saturated heterocycles. The molecule has 0 aliphatic rings. The van der Waals surface area contributed by atoms with Crippen LogP contribution in [-0.4, -0.2) is 57.6 Å². The molecule has 0 spiro atoms. The van der Waals surface area contributed by atoms with E-state index in [0.29, 0.717) is 18.7 Å². The van der Waals surface area contributed by atoms with Crippen LogP contribution in [0.5, 0.6) is 11.5 Å². The third-order valence-corrected chi connectivity index (χ3v) is 4.91. The lowest BCUT2D eigenvalue weighted by Gasteiger charge is -2.26. The average Bonchev–Trinajstić information content (AvgIpc) is 2.78. The third kappa shape index (κ3) is 7.61. The molecule has 2 aromatic rings. The predicted octanol–water partition coefficient (Wildman–Crippen LogP) is 3.02. The van der Waals surface area contributed by atoms with E-state index in [1.165, 1.54) is 0 Å². The van der Waals surface area contributed by atoms with Gasteiger partial charge in [0.15, 0.2) is 0 Å². The van der Waals surface area contributed by atoms with Gasteiger partial charge in [0.1, 0.15) is 11.5 Å². The number of carbonyl (C=O) groups is 2. The first-order valence-electron chi connectivity index (χ1n) is 10.5. The highest BCUT2D eigenvalue weighted by molar-refractivity contribution is 5.96. The van der Waals surface area contributed by atoms with Crippen molar-refractivity contribution < 1.29 is 19.1 Å². The lowest BCUT2D eigenvalue weighted by Crippen LogP contribution is -2.40. The molecule has 0 fully saturated rings. The standard InChI is InChI=1S/C24H33N3O4/c1-5-6-15-31-19-13-11-18(12-14-19)24(29)26-17-23(28)25-16-21(27(2)3)20-9-7-8-10-22(20)30-4/h7-14,21H,5-6,15-17H2,1-4H3,(H,25,28)(H,26,29). The maximum absolute atomic E-state index is 12.3. The van der Waals surface area contributed by atoms with Crippen LogP contribution < -0.4 is 20.1 Å². The van der Waals surface area contributed by atoms with Gasteiger partial charge >= 0.3 is 0 Å². The predicted molar refractivity (Wildman–Crippen MR) is 122 cm³/mol. The van der Waals surface area contributed by atoms with Gasteiger partial charge in [0.05, 0.1) is 26.3 Å². The lowest BCUT2D eigenvalue weighted by atomic mass is 10.0. The molecule has 2 amide bonds. The number of para-hydroxylation sites is 1. The summed E-state index contributed by atoms with van der Waals surface area (Å²) < 4.78 is 11.0. The van der Waals surface area contributed by atoms with Gasteiger partial charge in [0, 0.05) is 17.7 Å². The van der Waals surface area contributed by atoms with Crippen LogP contribution in [0.4, 0.5) is 0 Å². The molecule has 7 heteroatoms. The number of nitrogens with one attached hydrogen (secondary N) is 2. The molecule has 2 aromatic carbocycles. The number of nitrogens with zero attached hydrogens (tertiary/aromatic N) is 1. The number of methoxy groups -OCH3 is 1. The number of amides is 2. The fraction of sp³-hybridized carbons (Fsp3) is 0.417. The van der Waals surface area contributed by atoms with E-state index in [9.17, 15) is 9.59 Å². The van der Waals surface area contributed by atoms with Crippen molar-refractivity contribution in [2.75, 3.05) is 40.9 Å². The van der Waals surface area contributed by atoms with Crippen molar-refractivity contribution in [1.29, 1.82) is 0 Å². The molecule has 1 unspecified atom stereocenters. The summed E-state index contributed by atoms with van der Waals surface area (Å²) in [4.78, 5) is 26.6. The normalized spacial score (nSPS) is 11.6. The molecular formula is C24H33N3O4. The minimum Gasteiger partial charge on any atom is -0.496 e. The number of rotatable bonds is 12. The number of likely N-dealkylation sites (N-methyl/N-ethyl adjacent to an activating group) is 1. The van der Waals surface area contributed by atoms with Crippen LogP contribution in [0.25, 0.3) is 0 Å². The molecule has 168 valence electrons. The Labute approximate surface area is 184 Å².